The summed E-state index contributed by atoms with van der Waals surface area (Å²) in [5, 5.41) is 3.92. The molecule has 1 N–H and O–H groups in total. The second-order valence-corrected chi connectivity index (χ2v) is 8.67. The molecular formula is C23H24N4O2. The zero-order chi connectivity index (χ0) is 19.8. The monoisotopic (exact) mass is 388 g/mol. The minimum absolute atomic E-state index is 0.00211. The maximum absolute atomic E-state index is 12.5. The van der Waals surface area contributed by atoms with Crippen molar-refractivity contribution in [3.63, 3.8) is 0 Å². The molecule has 0 bridgehead atoms. The third-order valence-corrected chi connectivity index (χ3v) is 6.99. The van der Waals surface area contributed by atoms with Crippen molar-refractivity contribution >= 4 is 22.8 Å². The van der Waals surface area contributed by atoms with E-state index in [2.05, 4.69) is 53.3 Å². The maximum atomic E-state index is 12.5. The van der Waals surface area contributed by atoms with Crippen molar-refractivity contribution < 1.29 is 9.53 Å². The van der Waals surface area contributed by atoms with E-state index in [0.29, 0.717) is 13.2 Å². The average molecular weight is 388 g/mol. The largest absolute Gasteiger partial charge is 0.448 e. The Balaban J connectivity index is 1.53. The number of amides is 1. The fourth-order valence-corrected chi connectivity index (χ4v) is 5.49. The summed E-state index contributed by atoms with van der Waals surface area (Å²) in [7, 11) is 2.05. The van der Waals surface area contributed by atoms with Crippen LogP contribution in [0, 0.1) is 6.92 Å². The molecule has 6 rings (SSSR count). The first-order chi connectivity index (χ1) is 14.0. The molecular weight excluding hydrogens is 364 g/mol. The number of cyclic esters (lactones) is 1. The summed E-state index contributed by atoms with van der Waals surface area (Å²) >= 11 is 0. The van der Waals surface area contributed by atoms with Gasteiger partial charge in [0.1, 0.15) is 17.9 Å². The predicted molar refractivity (Wildman–Crippen MR) is 111 cm³/mol. The summed E-state index contributed by atoms with van der Waals surface area (Å²) in [5.41, 5.74) is 7.03. The van der Waals surface area contributed by atoms with Gasteiger partial charge in [0.2, 0.25) is 0 Å². The van der Waals surface area contributed by atoms with Crippen LogP contribution in [-0.2, 0) is 24.6 Å². The van der Waals surface area contributed by atoms with Gasteiger partial charge in [0.25, 0.3) is 0 Å². The van der Waals surface area contributed by atoms with Gasteiger partial charge < -0.3 is 14.6 Å². The molecule has 3 aromatic rings. The van der Waals surface area contributed by atoms with Gasteiger partial charge in [-0.25, -0.2) is 9.78 Å². The number of ether oxygens (including phenoxy) is 1. The Hall–Kier alpha value is -3.02. The molecule has 2 aliphatic heterocycles. The van der Waals surface area contributed by atoms with Crippen LogP contribution in [0.25, 0.3) is 11.0 Å². The Kier molecular flexibility index (Phi) is 3.35. The number of imidazole rings is 1. The number of aromatic nitrogens is 2. The van der Waals surface area contributed by atoms with E-state index in [1.165, 1.54) is 11.1 Å². The number of hydrogen-bond donors (Lipinski definition) is 1. The van der Waals surface area contributed by atoms with Gasteiger partial charge in [-0.3, -0.25) is 4.90 Å². The molecule has 1 saturated heterocycles. The number of carbonyl (C=O) groups excluding carboxylic acids is 1. The minimum atomic E-state index is -0.203. The van der Waals surface area contributed by atoms with E-state index in [1.807, 2.05) is 11.8 Å². The van der Waals surface area contributed by atoms with Gasteiger partial charge in [-0.1, -0.05) is 30.3 Å². The molecule has 3 heterocycles. The lowest BCUT2D eigenvalue weighted by atomic mass is 9.80. The third-order valence-electron chi connectivity index (χ3n) is 6.99. The lowest BCUT2D eigenvalue weighted by molar-refractivity contribution is 0.140. The number of nitrogens with zero attached hydrogens (tertiary/aromatic N) is 3. The van der Waals surface area contributed by atoms with Crippen LogP contribution in [0.5, 0.6) is 0 Å². The zero-order valence-corrected chi connectivity index (χ0v) is 16.7. The highest BCUT2D eigenvalue weighted by molar-refractivity contribution is 5.92. The number of rotatable bonds is 1. The van der Waals surface area contributed by atoms with Crippen molar-refractivity contribution in [1.29, 1.82) is 0 Å². The van der Waals surface area contributed by atoms with E-state index < -0.39 is 0 Å². The molecule has 148 valence electrons. The van der Waals surface area contributed by atoms with E-state index in [-0.39, 0.29) is 17.7 Å². The Morgan fingerprint density at radius 1 is 1.17 bits per heavy atom. The van der Waals surface area contributed by atoms with Gasteiger partial charge >= 0.3 is 6.09 Å². The molecule has 2 aromatic carbocycles. The molecule has 1 aromatic heterocycles. The quantitative estimate of drug-likeness (QED) is 0.690. The third kappa shape index (κ3) is 2.35. The lowest BCUT2D eigenvalue weighted by Gasteiger charge is -2.43. The molecule has 1 spiro atoms. The van der Waals surface area contributed by atoms with Crippen molar-refractivity contribution in [2.24, 2.45) is 7.05 Å². The Morgan fingerprint density at radius 3 is 2.62 bits per heavy atom. The number of benzene rings is 2. The smallest absolute Gasteiger partial charge is 0.410 e. The molecule has 6 nitrogen and oxygen atoms in total. The zero-order valence-electron chi connectivity index (χ0n) is 16.7. The molecule has 1 aliphatic carbocycles. The SMILES string of the molecule is Cc1nc2c3c(ccc2n1C)C(N1CCOC1=O)CC1(Cc2ccccc2C1)N3. The highest BCUT2D eigenvalue weighted by atomic mass is 16.6. The summed E-state index contributed by atoms with van der Waals surface area (Å²) in [5.74, 6) is 0.988. The van der Waals surface area contributed by atoms with Crippen molar-refractivity contribution in [2.45, 2.75) is 37.8 Å². The number of aryl methyl sites for hydroxylation is 2. The van der Waals surface area contributed by atoms with Crippen LogP contribution in [0.3, 0.4) is 0 Å². The van der Waals surface area contributed by atoms with Crippen LogP contribution in [0.4, 0.5) is 10.5 Å². The summed E-state index contributed by atoms with van der Waals surface area (Å²) < 4.78 is 7.43. The van der Waals surface area contributed by atoms with Crippen molar-refractivity contribution in [3.8, 4) is 0 Å². The predicted octanol–water partition coefficient (Wildman–Crippen LogP) is 3.73. The number of hydrogen-bond acceptors (Lipinski definition) is 4. The van der Waals surface area contributed by atoms with Crippen molar-refractivity contribution in [1.82, 2.24) is 14.5 Å². The summed E-state index contributed by atoms with van der Waals surface area (Å²) in [6.45, 7) is 3.15. The lowest BCUT2D eigenvalue weighted by Crippen LogP contribution is -2.48. The summed E-state index contributed by atoms with van der Waals surface area (Å²) in [6.07, 6.45) is 2.60. The minimum Gasteiger partial charge on any atom is -0.448 e. The molecule has 1 amide bonds. The van der Waals surface area contributed by atoms with Gasteiger partial charge in [0, 0.05) is 18.2 Å². The highest BCUT2D eigenvalue weighted by Crippen LogP contribution is 2.49. The molecule has 6 heteroatoms. The van der Waals surface area contributed by atoms with Crippen molar-refractivity contribution in [2.75, 3.05) is 18.5 Å². The number of fused-ring (bicyclic) bond motifs is 4. The van der Waals surface area contributed by atoms with Gasteiger partial charge in [0.15, 0.2) is 0 Å². The first-order valence-electron chi connectivity index (χ1n) is 10.3. The second kappa shape index (κ2) is 5.75. The second-order valence-electron chi connectivity index (χ2n) is 8.67. The summed E-state index contributed by atoms with van der Waals surface area (Å²) in [6, 6.07) is 13.0. The Bertz CT molecular complexity index is 1140. The Labute approximate surface area is 169 Å². The average Bonchev–Trinajstić information content (AvgIpc) is 3.37. The van der Waals surface area contributed by atoms with Gasteiger partial charge in [-0.2, -0.15) is 0 Å². The van der Waals surface area contributed by atoms with Crippen LogP contribution < -0.4 is 5.32 Å². The number of carbonyl (C=O) groups is 1. The van der Waals surface area contributed by atoms with E-state index in [1.54, 1.807) is 0 Å². The van der Waals surface area contributed by atoms with E-state index in [9.17, 15) is 4.79 Å². The van der Waals surface area contributed by atoms with Crippen LogP contribution in [0.1, 0.15) is 35.0 Å². The normalized spacial score (nSPS) is 21.9. The Morgan fingerprint density at radius 2 is 1.93 bits per heavy atom. The highest BCUT2D eigenvalue weighted by Gasteiger charge is 2.47. The first-order valence-corrected chi connectivity index (χ1v) is 10.3. The van der Waals surface area contributed by atoms with Gasteiger partial charge in [-0.05, 0) is 43.4 Å². The standard InChI is InChI=1S/C23H24N4O2/c1-14-24-21-18(26(14)2)8-7-17-19(27-9-10-29-22(27)28)13-23(25-20(17)21)11-15-5-3-4-6-16(15)12-23/h3-8,19,25H,9-13H2,1-2H3. The van der Waals surface area contributed by atoms with Crippen LogP contribution in [0.15, 0.2) is 36.4 Å². The molecule has 0 radical (unpaired) electrons. The first kappa shape index (κ1) is 16.9. The molecule has 0 saturated carbocycles. The molecule has 29 heavy (non-hydrogen) atoms. The number of nitrogens with one attached hydrogen (secondary N) is 1. The number of anilines is 1. The maximum Gasteiger partial charge on any atom is 0.410 e. The molecule has 1 unspecified atom stereocenters. The van der Waals surface area contributed by atoms with Crippen LogP contribution >= 0.6 is 0 Å². The van der Waals surface area contributed by atoms with E-state index >= 15 is 0 Å². The topological polar surface area (TPSA) is 59.4 Å². The molecule has 1 fully saturated rings. The van der Waals surface area contributed by atoms with Crippen LogP contribution in [-0.4, -0.2) is 39.2 Å². The molecule has 1 atom stereocenters. The van der Waals surface area contributed by atoms with Gasteiger partial charge in [-0.15, -0.1) is 0 Å². The fraction of sp³-hybridized carbons (Fsp3) is 0.391. The van der Waals surface area contributed by atoms with Gasteiger partial charge in [0.05, 0.1) is 23.8 Å². The van der Waals surface area contributed by atoms with E-state index in [4.69, 9.17) is 9.72 Å². The molecule has 3 aliphatic rings. The van der Waals surface area contributed by atoms with Crippen molar-refractivity contribution in [3.05, 3.63) is 58.9 Å². The summed E-state index contributed by atoms with van der Waals surface area (Å²) in [4.78, 5) is 19.3. The fourth-order valence-electron chi connectivity index (χ4n) is 5.49. The van der Waals surface area contributed by atoms with E-state index in [0.717, 1.165) is 47.4 Å². The van der Waals surface area contributed by atoms with Crippen LogP contribution in [0.2, 0.25) is 0 Å².